The first kappa shape index (κ1) is 16.5. The summed E-state index contributed by atoms with van der Waals surface area (Å²) >= 11 is 0. The second-order valence-corrected chi connectivity index (χ2v) is 9.26. The van der Waals surface area contributed by atoms with Gasteiger partial charge in [-0.05, 0) is 62.2 Å². The molecule has 6 atom stereocenters. The Hall–Kier alpha value is -0.640. The van der Waals surface area contributed by atoms with Gasteiger partial charge in [0.2, 0.25) is 0 Å². The second-order valence-electron chi connectivity index (χ2n) is 9.26. The number of hydrogen-bond donors (Lipinski definition) is 1. The van der Waals surface area contributed by atoms with Gasteiger partial charge in [-0.15, -0.1) is 0 Å². The molecule has 0 aromatic heterocycles. The fourth-order valence-corrected chi connectivity index (χ4v) is 7.41. The molecule has 5 aliphatic rings. The molecule has 0 aromatic rings. The third-order valence-electron chi connectivity index (χ3n) is 8.50. The highest BCUT2D eigenvalue weighted by Crippen LogP contribution is 2.64. The molecule has 1 heterocycles. The van der Waals surface area contributed by atoms with Crippen molar-refractivity contribution in [3.63, 3.8) is 0 Å². The lowest BCUT2D eigenvalue weighted by Crippen LogP contribution is -2.50. The Balaban J connectivity index is 1.46. The fraction of sp³-hybridized carbons (Fsp3) is 0.818. The zero-order valence-electron chi connectivity index (χ0n) is 15.5. The maximum absolute atomic E-state index is 10.8. The van der Waals surface area contributed by atoms with Gasteiger partial charge in [-0.1, -0.05) is 30.7 Å². The van der Waals surface area contributed by atoms with Gasteiger partial charge in [-0.2, -0.15) is 0 Å². The highest BCUT2D eigenvalue weighted by Gasteiger charge is 2.59. The minimum absolute atomic E-state index is 0.108. The summed E-state index contributed by atoms with van der Waals surface area (Å²) in [6.07, 6.45) is 11.0. The molecule has 5 rings (SSSR count). The molecule has 1 aliphatic heterocycles. The SMILES string of the molecule is C=C1CC2(CC)C(O)CCC2C2CC=C3CC4(CCC3C12)OCCO4. The van der Waals surface area contributed by atoms with Crippen LogP contribution in [0, 0.1) is 29.1 Å². The summed E-state index contributed by atoms with van der Waals surface area (Å²) in [6, 6.07) is 0. The van der Waals surface area contributed by atoms with Crippen LogP contribution in [0.15, 0.2) is 23.8 Å². The predicted octanol–water partition coefficient (Wildman–Crippen LogP) is 4.22. The lowest BCUT2D eigenvalue weighted by molar-refractivity contribution is -0.175. The van der Waals surface area contributed by atoms with Crippen LogP contribution in [0.25, 0.3) is 0 Å². The van der Waals surface area contributed by atoms with Crippen LogP contribution < -0.4 is 0 Å². The molecule has 3 nitrogen and oxygen atoms in total. The topological polar surface area (TPSA) is 38.7 Å². The molecule has 1 saturated heterocycles. The van der Waals surface area contributed by atoms with E-state index < -0.39 is 0 Å². The molecule has 3 heteroatoms. The van der Waals surface area contributed by atoms with Gasteiger partial charge in [0.15, 0.2) is 5.79 Å². The van der Waals surface area contributed by atoms with Crippen molar-refractivity contribution in [2.75, 3.05) is 13.2 Å². The largest absolute Gasteiger partial charge is 0.393 e. The Bertz CT molecular complexity index is 602. The normalized spacial score (nSPS) is 48.0. The van der Waals surface area contributed by atoms with Gasteiger partial charge >= 0.3 is 0 Å². The Morgan fingerprint density at radius 2 is 2.00 bits per heavy atom. The van der Waals surface area contributed by atoms with E-state index in [-0.39, 0.29) is 17.3 Å². The van der Waals surface area contributed by atoms with Crippen LogP contribution in [0.5, 0.6) is 0 Å². The highest BCUT2D eigenvalue weighted by atomic mass is 16.7. The van der Waals surface area contributed by atoms with Crippen molar-refractivity contribution in [2.45, 2.75) is 70.2 Å². The van der Waals surface area contributed by atoms with E-state index in [0.29, 0.717) is 23.7 Å². The lowest BCUT2D eigenvalue weighted by atomic mass is 9.50. The lowest BCUT2D eigenvalue weighted by Gasteiger charge is -2.55. The minimum Gasteiger partial charge on any atom is -0.393 e. The van der Waals surface area contributed by atoms with Gasteiger partial charge < -0.3 is 14.6 Å². The quantitative estimate of drug-likeness (QED) is 0.724. The average Bonchev–Trinajstić information content (AvgIpc) is 3.20. The standard InChI is InChI=1S/C22H32O3/c1-3-21-12-14(2)20-16-8-9-22(24-10-11-25-22)13-15(16)4-5-17(20)18(21)6-7-19(21)23/h4,16-20,23H,2-3,5-13H2,1H3. The molecule has 0 radical (unpaired) electrons. The van der Waals surface area contributed by atoms with E-state index in [4.69, 9.17) is 9.47 Å². The van der Waals surface area contributed by atoms with Gasteiger partial charge in [0, 0.05) is 18.3 Å². The molecular weight excluding hydrogens is 312 g/mol. The Labute approximate surface area is 151 Å². The highest BCUT2D eigenvalue weighted by molar-refractivity contribution is 5.29. The first-order valence-corrected chi connectivity index (χ1v) is 10.4. The zero-order chi connectivity index (χ0) is 17.2. The molecule has 0 bridgehead atoms. The Morgan fingerprint density at radius 1 is 1.20 bits per heavy atom. The van der Waals surface area contributed by atoms with Crippen molar-refractivity contribution in [3.05, 3.63) is 23.8 Å². The van der Waals surface area contributed by atoms with E-state index in [1.54, 1.807) is 5.57 Å². The number of hydrogen-bond acceptors (Lipinski definition) is 3. The van der Waals surface area contributed by atoms with Crippen molar-refractivity contribution in [1.82, 2.24) is 0 Å². The first-order chi connectivity index (χ1) is 12.1. The van der Waals surface area contributed by atoms with E-state index >= 15 is 0 Å². The van der Waals surface area contributed by atoms with Crippen LogP contribution in [0.4, 0.5) is 0 Å². The minimum atomic E-state index is -0.318. The van der Waals surface area contributed by atoms with Crippen LogP contribution in [0.1, 0.15) is 58.3 Å². The second kappa shape index (κ2) is 5.68. The number of ether oxygens (including phenoxy) is 2. The molecule has 25 heavy (non-hydrogen) atoms. The number of fused-ring (bicyclic) bond motifs is 5. The summed E-state index contributed by atoms with van der Waals surface area (Å²) < 4.78 is 12.0. The summed E-state index contributed by atoms with van der Waals surface area (Å²) in [7, 11) is 0. The first-order valence-electron chi connectivity index (χ1n) is 10.4. The summed E-state index contributed by atoms with van der Waals surface area (Å²) in [5, 5.41) is 10.8. The van der Waals surface area contributed by atoms with Crippen LogP contribution in [-0.2, 0) is 9.47 Å². The maximum Gasteiger partial charge on any atom is 0.172 e. The third kappa shape index (κ3) is 2.22. The molecule has 1 spiro atoms. The van der Waals surface area contributed by atoms with E-state index in [1.807, 2.05) is 0 Å². The van der Waals surface area contributed by atoms with Crippen molar-refractivity contribution >= 4 is 0 Å². The fourth-order valence-electron chi connectivity index (χ4n) is 7.41. The maximum atomic E-state index is 10.8. The van der Waals surface area contributed by atoms with E-state index in [0.717, 1.165) is 51.7 Å². The smallest absolute Gasteiger partial charge is 0.172 e. The van der Waals surface area contributed by atoms with Crippen LogP contribution in [0.3, 0.4) is 0 Å². The van der Waals surface area contributed by atoms with Crippen molar-refractivity contribution < 1.29 is 14.6 Å². The summed E-state index contributed by atoms with van der Waals surface area (Å²) in [5.41, 5.74) is 3.10. The van der Waals surface area contributed by atoms with Gasteiger partial charge in [-0.3, -0.25) is 0 Å². The molecule has 0 amide bonds. The van der Waals surface area contributed by atoms with Gasteiger partial charge in [0.1, 0.15) is 0 Å². The molecule has 4 fully saturated rings. The van der Waals surface area contributed by atoms with Crippen molar-refractivity contribution in [3.8, 4) is 0 Å². The van der Waals surface area contributed by atoms with Crippen LogP contribution in [-0.4, -0.2) is 30.2 Å². The van der Waals surface area contributed by atoms with E-state index in [2.05, 4.69) is 19.6 Å². The van der Waals surface area contributed by atoms with Crippen molar-refractivity contribution in [2.24, 2.45) is 29.1 Å². The van der Waals surface area contributed by atoms with Crippen molar-refractivity contribution in [1.29, 1.82) is 0 Å². The average molecular weight is 344 g/mol. The zero-order valence-corrected chi connectivity index (χ0v) is 15.5. The van der Waals surface area contributed by atoms with E-state index in [1.165, 1.54) is 18.4 Å². The molecule has 138 valence electrons. The molecule has 0 aromatic carbocycles. The predicted molar refractivity (Wildman–Crippen MR) is 96.9 cm³/mol. The Morgan fingerprint density at radius 3 is 2.76 bits per heavy atom. The third-order valence-corrected chi connectivity index (χ3v) is 8.50. The van der Waals surface area contributed by atoms with Gasteiger partial charge in [-0.25, -0.2) is 0 Å². The van der Waals surface area contributed by atoms with Gasteiger partial charge in [0.25, 0.3) is 0 Å². The van der Waals surface area contributed by atoms with Gasteiger partial charge in [0.05, 0.1) is 19.3 Å². The molecule has 1 N–H and O–H groups in total. The number of rotatable bonds is 1. The molecule has 3 saturated carbocycles. The number of aliphatic hydroxyl groups excluding tert-OH is 1. The number of allylic oxidation sites excluding steroid dienone is 2. The van der Waals surface area contributed by atoms with Crippen LogP contribution in [0.2, 0.25) is 0 Å². The summed E-state index contributed by atoms with van der Waals surface area (Å²) in [4.78, 5) is 0. The summed E-state index contributed by atoms with van der Waals surface area (Å²) in [6.45, 7) is 8.33. The van der Waals surface area contributed by atoms with E-state index in [9.17, 15) is 5.11 Å². The number of aliphatic hydroxyl groups is 1. The van der Waals surface area contributed by atoms with Crippen LogP contribution >= 0.6 is 0 Å². The molecule has 6 unspecified atom stereocenters. The molecule has 4 aliphatic carbocycles. The molecular formula is C22H32O3. The summed E-state index contributed by atoms with van der Waals surface area (Å²) in [5.74, 6) is 2.30. The monoisotopic (exact) mass is 344 g/mol. The Kier molecular flexibility index (Phi) is 3.75.